The van der Waals surface area contributed by atoms with E-state index in [4.69, 9.17) is 4.42 Å². The van der Waals surface area contributed by atoms with Crippen LogP contribution in [0.25, 0.3) is 0 Å². The van der Waals surface area contributed by atoms with Gasteiger partial charge in [0.25, 0.3) is 5.56 Å². The first-order valence-electron chi connectivity index (χ1n) is 4.92. The lowest BCUT2D eigenvalue weighted by Gasteiger charge is -2.03. The summed E-state index contributed by atoms with van der Waals surface area (Å²) in [6.07, 6.45) is 1.97. The van der Waals surface area contributed by atoms with E-state index in [9.17, 15) is 14.4 Å². The van der Waals surface area contributed by atoms with Gasteiger partial charge in [-0.1, -0.05) is 0 Å². The van der Waals surface area contributed by atoms with Crippen LogP contribution in [0.2, 0.25) is 0 Å². The molecule has 6 heteroatoms. The van der Waals surface area contributed by atoms with Crippen molar-refractivity contribution < 1.29 is 9.21 Å². The fourth-order valence-corrected chi connectivity index (χ4v) is 1.46. The molecule has 0 aliphatic carbocycles. The van der Waals surface area contributed by atoms with Gasteiger partial charge in [0, 0.05) is 19.3 Å². The van der Waals surface area contributed by atoms with E-state index < -0.39 is 11.2 Å². The summed E-state index contributed by atoms with van der Waals surface area (Å²) in [5.74, 6) is 0.554. The molecule has 0 aliphatic heterocycles. The zero-order chi connectivity index (χ0) is 12.4. The summed E-state index contributed by atoms with van der Waals surface area (Å²) in [6, 6.07) is 4.34. The predicted octanol–water partition coefficient (Wildman–Crippen LogP) is 0.000800. The van der Waals surface area contributed by atoms with Crippen molar-refractivity contribution in [1.29, 1.82) is 0 Å². The second-order valence-corrected chi connectivity index (χ2v) is 3.56. The van der Waals surface area contributed by atoms with E-state index in [-0.39, 0.29) is 12.3 Å². The Morgan fingerprint density at radius 2 is 2.06 bits per heavy atom. The maximum atomic E-state index is 11.7. The van der Waals surface area contributed by atoms with Gasteiger partial charge in [-0.25, -0.2) is 4.79 Å². The van der Waals surface area contributed by atoms with Crippen molar-refractivity contribution >= 4 is 6.29 Å². The van der Waals surface area contributed by atoms with Crippen molar-refractivity contribution in [3.8, 4) is 0 Å². The largest absolute Gasteiger partial charge is 0.456 e. The summed E-state index contributed by atoms with van der Waals surface area (Å²) in [7, 11) is 1.55. The molecule has 2 aromatic rings. The second kappa shape index (κ2) is 4.25. The third-order valence-corrected chi connectivity index (χ3v) is 2.35. The number of hydrogen-bond donors (Lipinski definition) is 0. The number of nitrogens with zero attached hydrogens (tertiary/aromatic N) is 2. The number of rotatable bonds is 3. The SMILES string of the molecule is Cn1ccc(=O)n(Cc2ccc(C=O)o2)c1=O. The molecular formula is C11H10N2O4. The minimum absolute atomic E-state index is 0.0141. The average molecular weight is 234 g/mol. The molecule has 0 saturated carbocycles. The molecule has 0 N–H and O–H groups in total. The maximum absolute atomic E-state index is 11.7. The van der Waals surface area contributed by atoms with Crippen LogP contribution >= 0.6 is 0 Å². The highest BCUT2D eigenvalue weighted by Gasteiger charge is 2.07. The minimum Gasteiger partial charge on any atom is -0.456 e. The van der Waals surface area contributed by atoms with Gasteiger partial charge < -0.3 is 8.98 Å². The fraction of sp³-hybridized carbons (Fsp3) is 0.182. The van der Waals surface area contributed by atoms with Crippen LogP contribution in [-0.2, 0) is 13.6 Å². The number of carbonyl (C=O) groups excluding carboxylic acids is 1. The topological polar surface area (TPSA) is 74.2 Å². The molecule has 0 bridgehead atoms. The Morgan fingerprint density at radius 1 is 1.29 bits per heavy atom. The normalized spacial score (nSPS) is 10.4. The quantitative estimate of drug-likeness (QED) is 0.700. The van der Waals surface area contributed by atoms with Crippen molar-refractivity contribution in [1.82, 2.24) is 9.13 Å². The molecule has 0 radical (unpaired) electrons. The Kier molecular flexibility index (Phi) is 2.78. The lowest BCUT2D eigenvalue weighted by atomic mass is 10.4. The molecule has 0 aliphatic rings. The van der Waals surface area contributed by atoms with Crippen LogP contribution in [0.1, 0.15) is 16.3 Å². The van der Waals surface area contributed by atoms with Gasteiger partial charge in [0.1, 0.15) is 5.76 Å². The van der Waals surface area contributed by atoms with Gasteiger partial charge in [-0.3, -0.25) is 14.2 Å². The molecule has 88 valence electrons. The van der Waals surface area contributed by atoms with Crippen molar-refractivity contribution in [3.63, 3.8) is 0 Å². The van der Waals surface area contributed by atoms with E-state index in [2.05, 4.69) is 0 Å². The van der Waals surface area contributed by atoms with Crippen LogP contribution in [0.5, 0.6) is 0 Å². The second-order valence-electron chi connectivity index (χ2n) is 3.56. The summed E-state index contributed by atoms with van der Waals surface area (Å²) in [4.78, 5) is 33.6. The zero-order valence-electron chi connectivity index (χ0n) is 9.12. The molecule has 0 atom stereocenters. The summed E-state index contributed by atoms with van der Waals surface area (Å²) >= 11 is 0. The van der Waals surface area contributed by atoms with Crippen molar-refractivity contribution in [2.45, 2.75) is 6.54 Å². The van der Waals surface area contributed by atoms with Crippen LogP contribution in [0.15, 0.2) is 38.4 Å². The molecule has 2 heterocycles. The van der Waals surface area contributed by atoms with Gasteiger partial charge >= 0.3 is 5.69 Å². The number of aryl methyl sites for hydroxylation is 1. The Hall–Kier alpha value is -2.37. The lowest BCUT2D eigenvalue weighted by Crippen LogP contribution is -2.38. The minimum atomic E-state index is -0.429. The molecule has 6 nitrogen and oxygen atoms in total. The number of aldehydes is 1. The highest BCUT2D eigenvalue weighted by Crippen LogP contribution is 2.05. The molecule has 0 spiro atoms. The van der Waals surface area contributed by atoms with E-state index in [1.807, 2.05) is 0 Å². The first-order chi connectivity index (χ1) is 8.11. The first-order valence-corrected chi connectivity index (χ1v) is 4.92. The van der Waals surface area contributed by atoms with E-state index in [0.29, 0.717) is 12.0 Å². The molecule has 2 rings (SSSR count). The standard InChI is InChI=1S/C11H10N2O4/c1-12-5-4-10(15)13(11(12)16)6-8-2-3-9(7-14)17-8/h2-5,7H,6H2,1H3. The molecule has 0 saturated heterocycles. The van der Waals surface area contributed by atoms with Gasteiger partial charge in [0.15, 0.2) is 12.0 Å². The van der Waals surface area contributed by atoms with Gasteiger partial charge in [-0.05, 0) is 12.1 Å². The number of carbonyl (C=O) groups is 1. The summed E-state index contributed by atoms with van der Waals surface area (Å²) < 4.78 is 7.44. The Morgan fingerprint density at radius 3 is 2.71 bits per heavy atom. The number of aromatic nitrogens is 2. The number of furan rings is 1. The maximum Gasteiger partial charge on any atom is 0.331 e. The highest BCUT2D eigenvalue weighted by atomic mass is 16.3. The Bertz CT molecular complexity index is 663. The molecular weight excluding hydrogens is 224 g/mol. The molecule has 2 aromatic heterocycles. The van der Waals surface area contributed by atoms with E-state index in [0.717, 1.165) is 4.57 Å². The summed E-state index contributed by atoms with van der Waals surface area (Å²) in [5.41, 5.74) is -0.835. The third kappa shape index (κ3) is 2.10. The molecule has 0 aromatic carbocycles. The van der Waals surface area contributed by atoms with Gasteiger partial charge in [-0.15, -0.1) is 0 Å². The van der Waals surface area contributed by atoms with Crippen LogP contribution in [0, 0.1) is 0 Å². The lowest BCUT2D eigenvalue weighted by molar-refractivity contribution is 0.109. The molecule has 0 fully saturated rings. The van der Waals surface area contributed by atoms with Crippen LogP contribution in [0.3, 0.4) is 0 Å². The van der Waals surface area contributed by atoms with Crippen LogP contribution in [-0.4, -0.2) is 15.4 Å². The van der Waals surface area contributed by atoms with Crippen LogP contribution in [0.4, 0.5) is 0 Å². The monoisotopic (exact) mass is 234 g/mol. The van der Waals surface area contributed by atoms with E-state index in [1.165, 1.54) is 22.9 Å². The first kappa shape index (κ1) is 11.1. The van der Waals surface area contributed by atoms with Gasteiger partial charge in [0.2, 0.25) is 0 Å². The van der Waals surface area contributed by atoms with Gasteiger partial charge in [0.05, 0.1) is 6.54 Å². The summed E-state index contributed by atoms with van der Waals surface area (Å²) in [5, 5.41) is 0. The third-order valence-electron chi connectivity index (χ3n) is 2.35. The van der Waals surface area contributed by atoms with Crippen molar-refractivity contribution in [3.05, 3.63) is 56.8 Å². The summed E-state index contributed by atoms with van der Waals surface area (Å²) in [6.45, 7) is 0.0141. The Labute approximate surface area is 95.7 Å². The highest BCUT2D eigenvalue weighted by molar-refractivity contribution is 5.70. The van der Waals surface area contributed by atoms with E-state index in [1.54, 1.807) is 13.1 Å². The molecule has 0 amide bonds. The zero-order valence-corrected chi connectivity index (χ0v) is 9.12. The Balaban J connectivity index is 2.42. The molecule has 0 unspecified atom stereocenters. The van der Waals surface area contributed by atoms with Gasteiger partial charge in [-0.2, -0.15) is 0 Å². The molecule has 17 heavy (non-hydrogen) atoms. The van der Waals surface area contributed by atoms with Crippen LogP contribution < -0.4 is 11.2 Å². The predicted molar refractivity (Wildman–Crippen MR) is 59.1 cm³/mol. The average Bonchev–Trinajstić information content (AvgIpc) is 2.77. The van der Waals surface area contributed by atoms with E-state index >= 15 is 0 Å². The number of hydrogen-bond acceptors (Lipinski definition) is 4. The smallest absolute Gasteiger partial charge is 0.331 e. The van der Waals surface area contributed by atoms with Crippen molar-refractivity contribution in [2.75, 3.05) is 0 Å². The fourth-order valence-electron chi connectivity index (χ4n) is 1.46. The van der Waals surface area contributed by atoms with Crippen molar-refractivity contribution in [2.24, 2.45) is 7.05 Å².